The van der Waals surface area contributed by atoms with Gasteiger partial charge in [0, 0.05) is 15.9 Å². The van der Waals surface area contributed by atoms with Crippen molar-refractivity contribution >= 4 is 52.6 Å². The normalized spacial score (nSPS) is 13.4. The summed E-state index contributed by atoms with van der Waals surface area (Å²) in [7, 11) is -1.76. The molecular weight excluding hydrogens is 588 g/mol. The molecular formula is C27H36BBrClN3O6. The minimum atomic E-state index is -1.76. The number of benzene rings is 2. The lowest BCUT2D eigenvalue weighted by Gasteiger charge is -2.27. The number of carbonyl (C=O) groups excluding carboxylic acids is 3. The number of hydrogen-bond acceptors (Lipinski definition) is 6. The quantitative estimate of drug-likeness (QED) is 0.216. The summed E-state index contributed by atoms with van der Waals surface area (Å²) in [6, 6.07) is 12.1. The fraction of sp³-hybridized carbons (Fsp3) is 0.444. The lowest BCUT2D eigenvalue weighted by molar-refractivity contribution is -0.130. The number of hydrogen-bond donors (Lipinski definition) is 5. The largest absolute Gasteiger partial charge is 0.475 e. The Kier molecular flexibility index (Phi) is 13.3. The zero-order valence-corrected chi connectivity index (χ0v) is 24.8. The third kappa shape index (κ3) is 11.6. The molecule has 0 spiro atoms. The van der Waals surface area contributed by atoms with Crippen LogP contribution in [0.3, 0.4) is 0 Å². The Bertz CT molecular complexity index is 1100. The Morgan fingerprint density at radius 1 is 0.923 bits per heavy atom. The van der Waals surface area contributed by atoms with Crippen molar-refractivity contribution < 1.29 is 29.2 Å². The van der Waals surface area contributed by atoms with Crippen LogP contribution in [0.25, 0.3) is 0 Å². The van der Waals surface area contributed by atoms with E-state index in [-0.39, 0.29) is 24.9 Å². The highest BCUT2D eigenvalue weighted by atomic mass is 79.9. The van der Waals surface area contributed by atoms with Gasteiger partial charge in [0.2, 0.25) is 11.8 Å². The topological polar surface area (TPSA) is 137 Å². The summed E-state index contributed by atoms with van der Waals surface area (Å²) in [5, 5.41) is 27.8. The number of nitrogens with one attached hydrogen (secondary N) is 3. The second-order valence-electron chi connectivity index (χ2n) is 10.1. The van der Waals surface area contributed by atoms with E-state index in [4.69, 9.17) is 16.3 Å². The smallest absolute Gasteiger partial charge is 0.445 e. The lowest BCUT2D eigenvalue weighted by atomic mass is 9.73. The average molecular weight is 625 g/mol. The maximum absolute atomic E-state index is 13.4. The monoisotopic (exact) mass is 623 g/mol. The van der Waals surface area contributed by atoms with Crippen LogP contribution in [-0.4, -0.2) is 53.1 Å². The van der Waals surface area contributed by atoms with Crippen molar-refractivity contribution in [3.63, 3.8) is 0 Å². The van der Waals surface area contributed by atoms with Gasteiger partial charge in [0.05, 0.1) is 5.94 Å². The second kappa shape index (κ2) is 15.9. The van der Waals surface area contributed by atoms with Crippen molar-refractivity contribution in [2.75, 3.05) is 0 Å². The van der Waals surface area contributed by atoms with E-state index in [1.54, 1.807) is 50.2 Å². The van der Waals surface area contributed by atoms with Gasteiger partial charge >= 0.3 is 13.2 Å². The zero-order valence-electron chi connectivity index (χ0n) is 22.5. The first-order valence-electron chi connectivity index (χ1n) is 12.7. The van der Waals surface area contributed by atoms with Crippen LogP contribution >= 0.6 is 27.5 Å². The third-order valence-electron chi connectivity index (χ3n) is 5.91. The van der Waals surface area contributed by atoms with E-state index in [1.165, 1.54) is 0 Å². The van der Waals surface area contributed by atoms with Gasteiger partial charge in [-0.05, 0) is 53.6 Å². The van der Waals surface area contributed by atoms with Crippen LogP contribution in [-0.2, 0) is 27.4 Å². The molecule has 2 aromatic carbocycles. The van der Waals surface area contributed by atoms with Crippen LogP contribution < -0.4 is 16.0 Å². The van der Waals surface area contributed by atoms with E-state index in [0.29, 0.717) is 17.0 Å². The summed E-state index contributed by atoms with van der Waals surface area (Å²) < 4.78 is 6.22. The van der Waals surface area contributed by atoms with Gasteiger partial charge in [-0.2, -0.15) is 0 Å². The summed E-state index contributed by atoms with van der Waals surface area (Å²) in [4.78, 5) is 39.2. The molecule has 3 amide bonds. The number of halogens is 2. The van der Waals surface area contributed by atoms with Crippen LogP contribution in [0.15, 0.2) is 53.0 Å². The fourth-order valence-corrected chi connectivity index (χ4v) is 4.33. The first-order valence-corrected chi connectivity index (χ1v) is 13.9. The molecule has 0 unspecified atom stereocenters. The van der Waals surface area contributed by atoms with E-state index in [2.05, 4.69) is 31.9 Å². The van der Waals surface area contributed by atoms with Crippen molar-refractivity contribution in [2.45, 2.75) is 65.2 Å². The third-order valence-corrected chi connectivity index (χ3v) is 6.67. The highest BCUT2D eigenvalue weighted by Crippen LogP contribution is 2.15. The summed E-state index contributed by atoms with van der Waals surface area (Å²) in [5.74, 6) is -2.29. The predicted octanol–water partition coefficient (Wildman–Crippen LogP) is 3.62. The summed E-state index contributed by atoms with van der Waals surface area (Å²) >= 11 is 9.47. The van der Waals surface area contributed by atoms with Gasteiger partial charge in [-0.15, -0.1) is 0 Å². The molecule has 0 fully saturated rings. The van der Waals surface area contributed by atoms with Gasteiger partial charge in [0.1, 0.15) is 18.7 Å². The molecule has 39 heavy (non-hydrogen) atoms. The highest BCUT2D eigenvalue weighted by molar-refractivity contribution is 9.10. The molecule has 2 aromatic rings. The number of ether oxygens (including phenoxy) is 1. The summed E-state index contributed by atoms with van der Waals surface area (Å²) in [6.45, 7) is 7.28. The summed E-state index contributed by atoms with van der Waals surface area (Å²) in [5.41, 5.74) is 1.47. The Balaban J connectivity index is 2.19. The summed E-state index contributed by atoms with van der Waals surface area (Å²) in [6.07, 6.45) is -0.407. The molecule has 212 valence electrons. The molecule has 0 aliphatic carbocycles. The molecule has 9 nitrogen and oxygen atoms in total. The molecule has 3 atom stereocenters. The molecule has 12 heteroatoms. The molecule has 0 heterocycles. The Hall–Kier alpha value is -2.60. The van der Waals surface area contributed by atoms with Gasteiger partial charge in [-0.25, -0.2) is 4.79 Å². The number of alkyl carbamates (subject to hydrolysis) is 1. The van der Waals surface area contributed by atoms with Crippen molar-refractivity contribution in [1.29, 1.82) is 0 Å². The van der Waals surface area contributed by atoms with E-state index in [9.17, 15) is 24.4 Å². The van der Waals surface area contributed by atoms with E-state index in [0.717, 1.165) is 10.0 Å². The van der Waals surface area contributed by atoms with Gasteiger partial charge in [-0.3, -0.25) is 9.59 Å². The van der Waals surface area contributed by atoms with Gasteiger partial charge < -0.3 is 30.7 Å². The van der Waals surface area contributed by atoms with Gasteiger partial charge in [-0.1, -0.05) is 79.5 Å². The van der Waals surface area contributed by atoms with Gasteiger partial charge in [0.25, 0.3) is 0 Å². The first-order chi connectivity index (χ1) is 18.3. The number of amides is 3. The number of carbonyl (C=O) groups is 3. The molecule has 0 aromatic heterocycles. The predicted molar refractivity (Wildman–Crippen MR) is 155 cm³/mol. The molecule has 0 saturated carbocycles. The minimum absolute atomic E-state index is 0.00305. The maximum Gasteiger partial charge on any atom is 0.475 e. The Morgan fingerprint density at radius 3 is 2.13 bits per heavy atom. The molecule has 0 bridgehead atoms. The van der Waals surface area contributed by atoms with Crippen molar-refractivity contribution in [1.82, 2.24) is 16.0 Å². The van der Waals surface area contributed by atoms with Gasteiger partial charge in [0.15, 0.2) is 0 Å². The molecule has 0 aliphatic rings. The average Bonchev–Trinajstić information content (AvgIpc) is 2.85. The number of rotatable bonds is 13. The molecule has 2 rings (SSSR count). The van der Waals surface area contributed by atoms with Crippen LogP contribution in [0.5, 0.6) is 0 Å². The maximum atomic E-state index is 13.4. The Morgan fingerprint density at radius 2 is 1.56 bits per heavy atom. The molecule has 0 saturated heterocycles. The fourth-order valence-electron chi connectivity index (χ4n) is 3.85. The molecule has 0 aliphatic heterocycles. The first kappa shape index (κ1) is 32.6. The van der Waals surface area contributed by atoms with Crippen LogP contribution in [0.4, 0.5) is 4.79 Å². The SMILES string of the molecule is CC(C)C[C@H](NC(=O)[C@H](Cc1cccc(Cl)c1)NC(=O)OCc1ccc(Br)cc1)C(=O)N[C@H](B(O)O)C(C)C. The van der Waals surface area contributed by atoms with Crippen LogP contribution in [0.2, 0.25) is 5.02 Å². The van der Waals surface area contributed by atoms with Crippen LogP contribution in [0.1, 0.15) is 45.2 Å². The van der Waals surface area contributed by atoms with E-state index < -0.39 is 43.1 Å². The lowest BCUT2D eigenvalue weighted by Crippen LogP contribution is -2.58. The van der Waals surface area contributed by atoms with Crippen LogP contribution in [0, 0.1) is 11.8 Å². The van der Waals surface area contributed by atoms with Crippen molar-refractivity contribution in [2.24, 2.45) is 11.8 Å². The van der Waals surface area contributed by atoms with Crippen molar-refractivity contribution in [3.05, 3.63) is 69.2 Å². The highest BCUT2D eigenvalue weighted by Gasteiger charge is 2.33. The molecule has 5 N–H and O–H groups in total. The Labute approximate surface area is 243 Å². The van der Waals surface area contributed by atoms with E-state index in [1.807, 2.05) is 26.0 Å². The minimum Gasteiger partial charge on any atom is -0.445 e. The second-order valence-corrected chi connectivity index (χ2v) is 11.5. The standard InChI is InChI=1S/C27H36BBrClN3O6/c1-16(2)12-22(26(35)33-24(17(3)4)28(37)38)31-25(34)23(14-19-6-5-7-21(30)13-19)32-27(36)39-15-18-8-10-20(29)11-9-18/h5-11,13,16-17,22-24,37-38H,12,14-15H2,1-4H3,(H,31,34)(H,32,36)(H,33,35)/t22-,23-,24-/m0/s1. The van der Waals surface area contributed by atoms with E-state index >= 15 is 0 Å². The van der Waals surface area contributed by atoms with Crippen molar-refractivity contribution in [3.8, 4) is 0 Å². The zero-order chi connectivity index (χ0) is 29.1. The molecule has 0 radical (unpaired) electrons.